The minimum atomic E-state index is -4.11. The highest BCUT2D eigenvalue weighted by molar-refractivity contribution is 7.91. The topological polar surface area (TPSA) is 185 Å². The zero-order chi connectivity index (χ0) is 43.5. The third-order valence-corrected chi connectivity index (χ3v) is 14.9. The number of benzene rings is 1. The van der Waals surface area contributed by atoms with E-state index >= 15 is 18.0 Å². The number of amides is 4. The van der Waals surface area contributed by atoms with Gasteiger partial charge in [0.15, 0.2) is 11.6 Å². The number of halogens is 3. The van der Waals surface area contributed by atoms with Gasteiger partial charge in [0.2, 0.25) is 27.7 Å². The second-order valence-electron chi connectivity index (χ2n) is 17.6. The van der Waals surface area contributed by atoms with Crippen molar-refractivity contribution >= 4 is 44.6 Å². The van der Waals surface area contributed by atoms with Crippen molar-refractivity contribution in [2.75, 3.05) is 13.2 Å². The molecule has 0 bridgehead atoms. The summed E-state index contributed by atoms with van der Waals surface area (Å²) in [6.45, 7) is 9.27. The molecule has 0 unspecified atom stereocenters. The van der Waals surface area contributed by atoms with Crippen LogP contribution in [0.3, 0.4) is 0 Å². The predicted molar refractivity (Wildman–Crippen MR) is 211 cm³/mol. The molecular formula is C41H54F3N5O9S. The number of carbonyl (C=O) groups excluding carboxylic acids is 3. The van der Waals surface area contributed by atoms with Crippen molar-refractivity contribution in [1.29, 1.82) is 0 Å². The maximum Gasteiger partial charge on any atom is 0.408 e. The van der Waals surface area contributed by atoms with E-state index in [9.17, 15) is 27.9 Å². The number of aromatic nitrogens is 1. The number of sulfonamides is 1. The third kappa shape index (κ3) is 8.42. The van der Waals surface area contributed by atoms with Gasteiger partial charge in [-0.15, -0.1) is 0 Å². The molecule has 59 heavy (non-hydrogen) atoms. The van der Waals surface area contributed by atoms with E-state index in [1.807, 2.05) is 13.0 Å². The number of rotatable bonds is 10. The van der Waals surface area contributed by atoms with Crippen molar-refractivity contribution in [1.82, 2.24) is 24.8 Å². The molecule has 1 aromatic heterocycles. The molecule has 6 rings (SSSR count). The van der Waals surface area contributed by atoms with Crippen LogP contribution in [0, 0.1) is 23.6 Å². The van der Waals surface area contributed by atoms with Crippen molar-refractivity contribution in [2.24, 2.45) is 17.8 Å². The van der Waals surface area contributed by atoms with E-state index in [1.54, 1.807) is 26.0 Å². The molecular weight excluding hydrogens is 796 g/mol. The number of carbonyl (C=O) groups is 4. The Labute approximate surface area is 342 Å². The molecule has 4 aliphatic rings. The molecule has 2 saturated carbocycles. The van der Waals surface area contributed by atoms with Crippen molar-refractivity contribution in [3.8, 4) is 11.6 Å². The Morgan fingerprint density at radius 1 is 1.15 bits per heavy atom. The highest BCUT2D eigenvalue weighted by Crippen LogP contribution is 2.48. The number of fused-ring (bicyclic) bond motifs is 3. The minimum Gasteiger partial charge on any atom is -0.491 e. The first-order valence-corrected chi connectivity index (χ1v) is 21.6. The van der Waals surface area contributed by atoms with Gasteiger partial charge in [-0.3, -0.25) is 24.0 Å². The van der Waals surface area contributed by atoms with E-state index < -0.39 is 91.4 Å². The van der Waals surface area contributed by atoms with Crippen LogP contribution in [-0.4, -0.2) is 105 Å². The Kier molecular flexibility index (Phi) is 11.8. The van der Waals surface area contributed by atoms with Crippen LogP contribution in [0.1, 0.15) is 93.4 Å². The number of ether oxygens (including phenoxy) is 2. The largest absolute Gasteiger partial charge is 0.491 e. The SMILES string of the molecule is CCOc1cc2ccnc(O[C@@H]3C[C@H]4C(=O)N[C@]5(C(=O)NS(=O)(=O)C6(C)CC6)C[C@H]5/C=C\CC[C@H](C)C[C@@H](C)[C@H](N(C(=O)O)C(C)(C)C(C)(F)F)C(=O)N4C3)c2cc1F. The van der Waals surface area contributed by atoms with E-state index in [0.717, 1.165) is 18.7 Å². The van der Waals surface area contributed by atoms with Gasteiger partial charge in [-0.25, -0.2) is 31.4 Å². The Balaban J connectivity index is 1.42. The molecule has 2 aliphatic carbocycles. The average molecular weight is 850 g/mol. The normalized spacial score (nSPS) is 29.2. The summed E-state index contributed by atoms with van der Waals surface area (Å²) in [6, 6.07) is 1.13. The average Bonchev–Trinajstić information content (AvgIpc) is 4.02. The standard InChI is InChI=1S/C41H54F3N5O9S/c1-8-57-31-18-25-13-16-45-34(28(25)20-29(31)42)58-27-19-30-33(50)46-41(36(52)47-59(55,56)39(6)14-15-39)21-26(41)12-10-9-11-23(2)17-24(3)32(35(51)48(30)22-27)49(37(53)54)38(4,5)40(7,43)44/h10,12-13,16,18,20,23-24,26-27,30,32H,8-9,11,14-15,17,19,21-22H2,1-7H3,(H,46,50)(H,47,52)(H,53,54)/b12-10-/t23-,24+,26+,27+,30-,32-,41+/m0/s1. The van der Waals surface area contributed by atoms with Crippen molar-refractivity contribution in [3.63, 3.8) is 0 Å². The number of pyridine rings is 1. The fraction of sp³-hybridized carbons (Fsp3) is 0.634. The summed E-state index contributed by atoms with van der Waals surface area (Å²) in [5, 5.41) is 14.1. The summed E-state index contributed by atoms with van der Waals surface area (Å²) in [6.07, 6.45) is 4.08. The van der Waals surface area contributed by atoms with E-state index in [4.69, 9.17) is 9.47 Å². The molecule has 324 valence electrons. The van der Waals surface area contributed by atoms with E-state index in [1.165, 1.54) is 25.3 Å². The molecule has 14 nitrogen and oxygen atoms in total. The van der Waals surface area contributed by atoms with Crippen LogP contribution in [0.25, 0.3) is 10.8 Å². The lowest BCUT2D eigenvalue weighted by Crippen LogP contribution is -2.66. The number of alkyl halides is 2. The monoisotopic (exact) mass is 849 g/mol. The van der Waals surface area contributed by atoms with Gasteiger partial charge in [0, 0.05) is 30.8 Å². The van der Waals surface area contributed by atoms with Crippen LogP contribution in [0.2, 0.25) is 0 Å². The van der Waals surface area contributed by atoms with Crippen LogP contribution >= 0.6 is 0 Å². The Morgan fingerprint density at radius 2 is 1.85 bits per heavy atom. The van der Waals surface area contributed by atoms with Crippen LogP contribution in [0.4, 0.5) is 18.0 Å². The van der Waals surface area contributed by atoms with Gasteiger partial charge in [0.05, 0.1) is 17.9 Å². The van der Waals surface area contributed by atoms with Crippen molar-refractivity contribution < 1.29 is 55.3 Å². The second-order valence-corrected chi connectivity index (χ2v) is 19.8. The summed E-state index contributed by atoms with van der Waals surface area (Å²) in [7, 11) is -4.11. The van der Waals surface area contributed by atoms with Gasteiger partial charge in [-0.2, -0.15) is 0 Å². The van der Waals surface area contributed by atoms with Crippen LogP contribution in [0.15, 0.2) is 36.5 Å². The fourth-order valence-corrected chi connectivity index (χ4v) is 9.64. The van der Waals surface area contributed by atoms with Gasteiger partial charge in [-0.1, -0.05) is 26.0 Å². The smallest absolute Gasteiger partial charge is 0.408 e. The second kappa shape index (κ2) is 15.8. The Morgan fingerprint density at radius 3 is 2.47 bits per heavy atom. The van der Waals surface area contributed by atoms with E-state index in [0.29, 0.717) is 42.9 Å². The maximum atomic E-state index is 15.4. The number of hydrogen-bond acceptors (Lipinski definition) is 9. The molecule has 0 radical (unpaired) electrons. The molecule has 3 heterocycles. The highest BCUT2D eigenvalue weighted by atomic mass is 32.2. The Bertz CT molecular complexity index is 2140. The van der Waals surface area contributed by atoms with Gasteiger partial charge in [0.1, 0.15) is 29.3 Å². The number of carboxylic acid groups (broad SMARTS) is 1. The number of hydrogen-bond donors (Lipinski definition) is 3. The van der Waals surface area contributed by atoms with Crippen LogP contribution < -0.4 is 19.5 Å². The highest BCUT2D eigenvalue weighted by Gasteiger charge is 2.63. The van der Waals surface area contributed by atoms with Gasteiger partial charge in [0.25, 0.3) is 11.8 Å². The quantitative estimate of drug-likeness (QED) is 0.248. The zero-order valence-corrected chi connectivity index (χ0v) is 35.2. The van der Waals surface area contributed by atoms with Crippen molar-refractivity contribution in [2.45, 2.75) is 133 Å². The Hall–Kier alpha value is -4.61. The lowest BCUT2D eigenvalue weighted by atomic mass is 9.84. The molecule has 0 spiro atoms. The van der Waals surface area contributed by atoms with Crippen molar-refractivity contribution in [3.05, 3.63) is 42.4 Å². The molecule has 3 N–H and O–H groups in total. The summed E-state index contributed by atoms with van der Waals surface area (Å²) in [5.74, 6) is -8.60. The maximum absolute atomic E-state index is 15.4. The molecule has 2 aliphatic heterocycles. The fourth-order valence-electron chi connectivity index (χ4n) is 8.32. The summed E-state index contributed by atoms with van der Waals surface area (Å²) >= 11 is 0. The van der Waals surface area contributed by atoms with Crippen LogP contribution in [0.5, 0.6) is 11.6 Å². The van der Waals surface area contributed by atoms with Gasteiger partial charge in [-0.05, 0) is 102 Å². The first kappa shape index (κ1) is 44.0. The molecule has 3 fully saturated rings. The first-order valence-electron chi connectivity index (χ1n) is 20.1. The van der Waals surface area contributed by atoms with E-state index in [2.05, 4.69) is 15.0 Å². The lowest BCUT2D eigenvalue weighted by molar-refractivity contribution is -0.156. The first-order chi connectivity index (χ1) is 27.5. The van der Waals surface area contributed by atoms with Gasteiger partial charge >= 0.3 is 6.09 Å². The molecule has 1 aromatic carbocycles. The summed E-state index contributed by atoms with van der Waals surface area (Å²) in [5.41, 5.74) is -4.11. The van der Waals surface area contributed by atoms with E-state index in [-0.39, 0.29) is 55.3 Å². The summed E-state index contributed by atoms with van der Waals surface area (Å²) < 4.78 is 85.0. The lowest BCUT2D eigenvalue weighted by Gasteiger charge is -2.47. The molecule has 4 amide bonds. The number of nitrogens with one attached hydrogen (secondary N) is 2. The predicted octanol–water partition coefficient (Wildman–Crippen LogP) is 5.79. The third-order valence-electron chi connectivity index (χ3n) is 12.7. The minimum absolute atomic E-state index is 0.00876. The van der Waals surface area contributed by atoms with Gasteiger partial charge < -0.3 is 24.8 Å². The number of nitrogens with zero attached hydrogens (tertiary/aromatic N) is 3. The zero-order valence-electron chi connectivity index (χ0n) is 34.4. The number of allylic oxidation sites excluding steroid dienone is 1. The summed E-state index contributed by atoms with van der Waals surface area (Å²) in [4.78, 5) is 62.6. The molecule has 18 heteroatoms. The molecule has 7 atom stereocenters. The molecule has 2 aromatic rings. The molecule has 1 saturated heterocycles. The van der Waals surface area contributed by atoms with Crippen LogP contribution in [-0.2, 0) is 24.4 Å².